The minimum absolute atomic E-state index is 0.291. The Morgan fingerprint density at radius 1 is 1.57 bits per heavy atom. The SMILES string of the molecule is NC(=O)CCCNc1ncccc1N. The third-order valence-corrected chi connectivity index (χ3v) is 1.73. The van der Waals surface area contributed by atoms with E-state index >= 15 is 0 Å². The Balaban J connectivity index is 2.31. The Bertz CT molecular complexity index is 313. The Hall–Kier alpha value is -1.78. The Morgan fingerprint density at radius 3 is 3.00 bits per heavy atom. The number of pyridine rings is 1. The Labute approximate surface area is 82.5 Å². The second kappa shape index (κ2) is 5.06. The van der Waals surface area contributed by atoms with Gasteiger partial charge in [0.25, 0.3) is 0 Å². The highest BCUT2D eigenvalue weighted by Gasteiger charge is 1.98. The topological polar surface area (TPSA) is 94.0 Å². The lowest BCUT2D eigenvalue weighted by Crippen LogP contribution is -2.13. The van der Waals surface area contributed by atoms with E-state index in [-0.39, 0.29) is 5.91 Å². The molecule has 0 fully saturated rings. The van der Waals surface area contributed by atoms with Crippen molar-refractivity contribution in [1.82, 2.24) is 4.98 Å². The van der Waals surface area contributed by atoms with Gasteiger partial charge in [-0.2, -0.15) is 0 Å². The number of carbonyl (C=O) groups is 1. The maximum Gasteiger partial charge on any atom is 0.217 e. The quantitative estimate of drug-likeness (QED) is 0.589. The highest BCUT2D eigenvalue weighted by molar-refractivity contribution is 5.73. The maximum absolute atomic E-state index is 10.4. The summed E-state index contributed by atoms with van der Waals surface area (Å²) in [5, 5.41) is 3.02. The zero-order valence-electron chi connectivity index (χ0n) is 7.86. The van der Waals surface area contributed by atoms with Gasteiger partial charge in [-0.1, -0.05) is 0 Å². The molecule has 1 rings (SSSR count). The molecular weight excluding hydrogens is 180 g/mol. The highest BCUT2D eigenvalue weighted by Crippen LogP contribution is 2.12. The van der Waals surface area contributed by atoms with E-state index in [0.29, 0.717) is 30.9 Å². The molecule has 76 valence electrons. The van der Waals surface area contributed by atoms with E-state index in [0.717, 1.165) is 0 Å². The van der Waals surface area contributed by atoms with E-state index in [2.05, 4.69) is 10.3 Å². The van der Waals surface area contributed by atoms with Crippen molar-refractivity contribution in [2.75, 3.05) is 17.6 Å². The summed E-state index contributed by atoms with van der Waals surface area (Å²) >= 11 is 0. The number of nitrogen functional groups attached to an aromatic ring is 1. The number of nitrogens with one attached hydrogen (secondary N) is 1. The summed E-state index contributed by atoms with van der Waals surface area (Å²) < 4.78 is 0. The molecule has 5 heteroatoms. The number of rotatable bonds is 5. The smallest absolute Gasteiger partial charge is 0.217 e. The number of amides is 1. The minimum atomic E-state index is -0.291. The predicted molar refractivity (Wildman–Crippen MR) is 55.6 cm³/mol. The van der Waals surface area contributed by atoms with Crippen LogP contribution in [0.3, 0.4) is 0 Å². The monoisotopic (exact) mass is 194 g/mol. The minimum Gasteiger partial charge on any atom is -0.396 e. The normalized spacial score (nSPS) is 9.71. The average molecular weight is 194 g/mol. The van der Waals surface area contributed by atoms with Gasteiger partial charge in [0.15, 0.2) is 0 Å². The van der Waals surface area contributed by atoms with E-state index in [1.54, 1.807) is 18.3 Å². The first kappa shape index (κ1) is 10.3. The van der Waals surface area contributed by atoms with Gasteiger partial charge in [0, 0.05) is 19.2 Å². The molecule has 0 aliphatic carbocycles. The summed E-state index contributed by atoms with van der Waals surface area (Å²) in [6.45, 7) is 0.643. The van der Waals surface area contributed by atoms with Crippen molar-refractivity contribution in [3.63, 3.8) is 0 Å². The summed E-state index contributed by atoms with van der Waals surface area (Å²) in [5.74, 6) is 0.359. The molecule has 1 aromatic rings. The van der Waals surface area contributed by atoms with Crippen LogP contribution in [0.4, 0.5) is 11.5 Å². The first-order chi connectivity index (χ1) is 6.70. The fourth-order valence-electron chi connectivity index (χ4n) is 1.03. The Morgan fingerprint density at radius 2 is 2.36 bits per heavy atom. The molecule has 1 aromatic heterocycles. The zero-order valence-corrected chi connectivity index (χ0v) is 7.86. The van der Waals surface area contributed by atoms with E-state index < -0.39 is 0 Å². The van der Waals surface area contributed by atoms with Crippen molar-refractivity contribution in [1.29, 1.82) is 0 Å². The molecule has 0 saturated heterocycles. The lowest BCUT2D eigenvalue weighted by molar-refractivity contribution is -0.118. The lowest BCUT2D eigenvalue weighted by Gasteiger charge is -2.06. The third kappa shape index (κ3) is 3.30. The first-order valence-corrected chi connectivity index (χ1v) is 4.43. The van der Waals surface area contributed by atoms with Crippen LogP contribution in [0.25, 0.3) is 0 Å². The van der Waals surface area contributed by atoms with Crippen LogP contribution in [-0.2, 0) is 4.79 Å². The molecule has 0 spiro atoms. The average Bonchev–Trinajstić information content (AvgIpc) is 2.15. The number of hydrogen-bond acceptors (Lipinski definition) is 4. The molecule has 1 amide bonds. The van der Waals surface area contributed by atoms with Gasteiger partial charge in [-0.3, -0.25) is 4.79 Å². The molecule has 1 heterocycles. The number of nitrogens with zero attached hydrogens (tertiary/aromatic N) is 1. The fourth-order valence-corrected chi connectivity index (χ4v) is 1.03. The number of primary amides is 1. The second-order valence-corrected chi connectivity index (χ2v) is 2.94. The molecule has 14 heavy (non-hydrogen) atoms. The zero-order chi connectivity index (χ0) is 10.4. The largest absolute Gasteiger partial charge is 0.396 e. The van der Waals surface area contributed by atoms with Crippen LogP contribution in [0.1, 0.15) is 12.8 Å². The molecule has 5 nitrogen and oxygen atoms in total. The Kier molecular flexibility index (Phi) is 3.72. The molecule has 0 bridgehead atoms. The van der Waals surface area contributed by atoms with E-state index in [9.17, 15) is 4.79 Å². The maximum atomic E-state index is 10.4. The van der Waals surface area contributed by atoms with Crippen LogP contribution < -0.4 is 16.8 Å². The van der Waals surface area contributed by atoms with Gasteiger partial charge in [-0.15, -0.1) is 0 Å². The van der Waals surface area contributed by atoms with E-state index in [1.807, 2.05) is 0 Å². The molecule has 0 aromatic carbocycles. The van der Waals surface area contributed by atoms with Crippen LogP contribution in [0.5, 0.6) is 0 Å². The highest BCUT2D eigenvalue weighted by atomic mass is 16.1. The van der Waals surface area contributed by atoms with E-state index in [4.69, 9.17) is 11.5 Å². The van der Waals surface area contributed by atoms with Crippen molar-refractivity contribution in [2.45, 2.75) is 12.8 Å². The molecular formula is C9H14N4O. The first-order valence-electron chi connectivity index (χ1n) is 4.43. The van der Waals surface area contributed by atoms with Crippen molar-refractivity contribution in [3.05, 3.63) is 18.3 Å². The van der Waals surface area contributed by atoms with Gasteiger partial charge in [0.05, 0.1) is 5.69 Å². The number of anilines is 2. The van der Waals surface area contributed by atoms with Gasteiger partial charge < -0.3 is 16.8 Å². The number of nitrogens with two attached hydrogens (primary N) is 2. The number of aromatic nitrogens is 1. The summed E-state index contributed by atoms with van der Waals surface area (Å²) in [6, 6.07) is 3.54. The fraction of sp³-hybridized carbons (Fsp3) is 0.333. The van der Waals surface area contributed by atoms with Gasteiger partial charge in [0.1, 0.15) is 5.82 Å². The molecule has 0 atom stereocenters. The van der Waals surface area contributed by atoms with Gasteiger partial charge in [-0.25, -0.2) is 4.98 Å². The number of hydrogen-bond donors (Lipinski definition) is 3. The summed E-state index contributed by atoms with van der Waals surface area (Å²) in [5.41, 5.74) is 11.2. The van der Waals surface area contributed by atoms with Crippen molar-refractivity contribution >= 4 is 17.4 Å². The summed E-state index contributed by atoms with van der Waals surface area (Å²) in [7, 11) is 0. The third-order valence-electron chi connectivity index (χ3n) is 1.73. The molecule has 0 saturated carbocycles. The van der Waals surface area contributed by atoms with Crippen molar-refractivity contribution in [2.24, 2.45) is 5.73 Å². The van der Waals surface area contributed by atoms with Crippen LogP contribution in [0.2, 0.25) is 0 Å². The molecule has 5 N–H and O–H groups in total. The van der Waals surface area contributed by atoms with E-state index in [1.165, 1.54) is 0 Å². The summed E-state index contributed by atoms with van der Waals surface area (Å²) in [4.78, 5) is 14.5. The molecule has 0 radical (unpaired) electrons. The molecule has 0 aliphatic heterocycles. The van der Waals surface area contributed by atoms with Crippen molar-refractivity contribution in [3.8, 4) is 0 Å². The van der Waals surface area contributed by atoms with Crippen LogP contribution in [-0.4, -0.2) is 17.4 Å². The predicted octanol–water partition coefficient (Wildman–Crippen LogP) is 0.341. The van der Waals surface area contributed by atoms with Gasteiger partial charge in [0.2, 0.25) is 5.91 Å². The summed E-state index contributed by atoms with van der Waals surface area (Å²) in [6.07, 6.45) is 2.72. The lowest BCUT2D eigenvalue weighted by atomic mass is 10.3. The van der Waals surface area contributed by atoms with Crippen LogP contribution >= 0.6 is 0 Å². The number of carbonyl (C=O) groups excluding carboxylic acids is 1. The van der Waals surface area contributed by atoms with Gasteiger partial charge >= 0.3 is 0 Å². The second-order valence-electron chi connectivity index (χ2n) is 2.94. The molecule has 0 aliphatic rings. The van der Waals surface area contributed by atoms with Crippen LogP contribution in [0.15, 0.2) is 18.3 Å². The van der Waals surface area contributed by atoms with Gasteiger partial charge in [-0.05, 0) is 18.6 Å². The van der Waals surface area contributed by atoms with Crippen LogP contribution in [0, 0.1) is 0 Å². The molecule has 0 unspecified atom stereocenters. The van der Waals surface area contributed by atoms with Crippen molar-refractivity contribution < 1.29 is 4.79 Å². The standard InChI is InChI=1S/C9H14N4O/c10-7-3-1-5-12-9(7)13-6-2-4-8(11)14/h1,3,5H,2,4,6,10H2,(H2,11,14)(H,12,13).